The first-order valence-electron chi connectivity index (χ1n) is 9.38. The zero-order valence-corrected chi connectivity index (χ0v) is 16.8. The van der Waals surface area contributed by atoms with Crippen molar-refractivity contribution in [3.63, 3.8) is 0 Å². The van der Waals surface area contributed by atoms with Gasteiger partial charge in [-0.25, -0.2) is 0 Å². The maximum Gasteiger partial charge on any atom is 0.325 e. The molecule has 1 aliphatic rings. The van der Waals surface area contributed by atoms with E-state index in [2.05, 4.69) is 19.2 Å². The van der Waals surface area contributed by atoms with Crippen LogP contribution in [0.2, 0.25) is 0 Å². The summed E-state index contributed by atoms with van der Waals surface area (Å²) in [5.41, 5.74) is 3.16. The number of nitrogens with zero attached hydrogens (tertiary/aromatic N) is 1. The molecule has 2 aromatic carbocycles. The maximum atomic E-state index is 12.4. The van der Waals surface area contributed by atoms with Gasteiger partial charge in [0.25, 0.3) is 5.91 Å². The minimum absolute atomic E-state index is 0.297. The molecule has 0 aliphatic carbocycles. The van der Waals surface area contributed by atoms with Crippen LogP contribution in [0.5, 0.6) is 0 Å². The second-order valence-corrected chi connectivity index (χ2v) is 7.41. The minimum atomic E-state index is -0.664. The normalized spacial score (nSPS) is 15.7. The van der Waals surface area contributed by atoms with Gasteiger partial charge in [-0.2, -0.15) is 0 Å². The average molecular weight is 392 g/mol. The molecule has 1 N–H and O–H groups in total. The smallest absolute Gasteiger partial charge is 0.325 e. The fraction of sp³-hybridized carbons (Fsp3) is 0.261. The van der Waals surface area contributed by atoms with Crippen LogP contribution in [-0.4, -0.2) is 37.9 Å². The number of esters is 1. The van der Waals surface area contributed by atoms with E-state index in [0.717, 1.165) is 16.9 Å². The molecule has 0 fully saturated rings. The lowest BCUT2D eigenvalue weighted by Gasteiger charge is -2.23. The van der Waals surface area contributed by atoms with Gasteiger partial charge in [-0.3, -0.25) is 14.4 Å². The molecule has 0 unspecified atom stereocenters. The molecule has 1 heterocycles. The Morgan fingerprint density at radius 3 is 2.38 bits per heavy atom. The van der Waals surface area contributed by atoms with Crippen molar-refractivity contribution < 1.29 is 19.1 Å². The van der Waals surface area contributed by atoms with Crippen molar-refractivity contribution in [1.29, 1.82) is 0 Å². The Balaban J connectivity index is 1.55. The molecule has 0 aromatic heterocycles. The molecular weight excluding hydrogens is 368 g/mol. The third-order valence-electron chi connectivity index (χ3n) is 5.04. The molecule has 0 saturated heterocycles. The quantitative estimate of drug-likeness (QED) is 0.604. The Bertz CT molecular complexity index is 964. The summed E-state index contributed by atoms with van der Waals surface area (Å²) in [6.07, 6.45) is 1.52. The molecule has 1 aliphatic heterocycles. The van der Waals surface area contributed by atoms with Crippen LogP contribution in [0.25, 0.3) is 0 Å². The molecular formula is C23H24N2O4. The van der Waals surface area contributed by atoms with E-state index in [9.17, 15) is 14.4 Å². The third-order valence-corrected chi connectivity index (χ3v) is 5.04. The van der Waals surface area contributed by atoms with Crippen molar-refractivity contribution in [2.45, 2.75) is 19.3 Å². The number of carbonyl (C=O) groups is 3. The molecule has 6 nitrogen and oxygen atoms in total. The van der Waals surface area contributed by atoms with Crippen LogP contribution in [0.4, 0.5) is 5.69 Å². The van der Waals surface area contributed by atoms with E-state index in [1.54, 1.807) is 30.3 Å². The first-order chi connectivity index (χ1) is 13.8. The van der Waals surface area contributed by atoms with E-state index in [4.69, 9.17) is 4.74 Å². The standard InChI is InChI=1S/C23H24N2O4/c1-23(2)18-11-7-8-12-19(18)25(3)20(23)13-17(26)15-29-21(27)14-24-22(28)16-9-5-4-6-10-16/h4-13H,14-15H2,1-3H3,(H,24,28)/b20-13-. The number of allylic oxidation sites excluding steroid dienone is 1. The van der Waals surface area contributed by atoms with Crippen molar-refractivity contribution in [3.8, 4) is 0 Å². The SMILES string of the molecule is CN1/C(=C\C(=O)COC(=O)CNC(=O)c2ccccc2)C(C)(C)c2ccccc21. The summed E-state index contributed by atoms with van der Waals surface area (Å²) in [7, 11) is 1.91. The molecule has 1 amide bonds. The number of amides is 1. The topological polar surface area (TPSA) is 75.7 Å². The summed E-state index contributed by atoms with van der Waals surface area (Å²) < 4.78 is 5.01. The van der Waals surface area contributed by atoms with Gasteiger partial charge in [0.05, 0.1) is 0 Å². The van der Waals surface area contributed by atoms with Crippen LogP contribution >= 0.6 is 0 Å². The first-order valence-corrected chi connectivity index (χ1v) is 9.38. The Hall–Kier alpha value is -3.41. The Kier molecular flexibility index (Phi) is 5.82. The summed E-state index contributed by atoms with van der Waals surface area (Å²) in [5.74, 6) is -1.35. The molecule has 0 saturated carbocycles. The maximum absolute atomic E-state index is 12.4. The molecule has 0 radical (unpaired) electrons. The monoisotopic (exact) mass is 392 g/mol. The number of carbonyl (C=O) groups excluding carboxylic acids is 3. The van der Waals surface area contributed by atoms with Gasteiger partial charge in [-0.15, -0.1) is 0 Å². The van der Waals surface area contributed by atoms with E-state index in [-0.39, 0.29) is 30.3 Å². The van der Waals surface area contributed by atoms with Crippen LogP contribution in [0.3, 0.4) is 0 Å². The molecule has 6 heteroatoms. The van der Waals surface area contributed by atoms with Gasteiger partial charge in [0.2, 0.25) is 0 Å². The average Bonchev–Trinajstić information content (AvgIpc) is 2.92. The zero-order chi connectivity index (χ0) is 21.0. The largest absolute Gasteiger partial charge is 0.456 e. The molecule has 3 rings (SSSR count). The van der Waals surface area contributed by atoms with E-state index in [1.165, 1.54) is 6.08 Å². The number of nitrogens with one attached hydrogen (secondary N) is 1. The number of anilines is 1. The van der Waals surface area contributed by atoms with Crippen molar-refractivity contribution in [3.05, 3.63) is 77.5 Å². The van der Waals surface area contributed by atoms with E-state index in [0.29, 0.717) is 5.56 Å². The number of hydrogen-bond acceptors (Lipinski definition) is 5. The van der Waals surface area contributed by atoms with Crippen LogP contribution in [0.15, 0.2) is 66.4 Å². The van der Waals surface area contributed by atoms with Gasteiger partial charge < -0.3 is 15.0 Å². The van der Waals surface area contributed by atoms with Crippen molar-refractivity contribution in [2.24, 2.45) is 0 Å². The van der Waals surface area contributed by atoms with Crippen molar-refractivity contribution >= 4 is 23.3 Å². The van der Waals surface area contributed by atoms with Gasteiger partial charge in [0, 0.05) is 35.5 Å². The lowest BCUT2D eigenvalue weighted by atomic mass is 9.83. The fourth-order valence-corrected chi connectivity index (χ4v) is 3.50. The Morgan fingerprint density at radius 2 is 1.69 bits per heavy atom. The van der Waals surface area contributed by atoms with Crippen LogP contribution in [0.1, 0.15) is 29.8 Å². The van der Waals surface area contributed by atoms with E-state index >= 15 is 0 Å². The lowest BCUT2D eigenvalue weighted by molar-refractivity contribution is -0.145. The second-order valence-electron chi connectivity index (χ2n) is 7.41. The number of fused-ring (bicyclic) bond motifs is 1. The Labute approximate surface area is 170 Å². The van der Waals surface area contributed by atoms with Gasteiger partial charge in [-0.05, 0) is 23.8 Å². The predicted octanol–water partition coefficient (Wildman–Crippen LogP) is 2.84. The van der Waals surface area contributed by atoms with Crippen molar-refractivity contribution in [1.82, 2.24) is 5.32 Å². The van der Waals surface area contributed by atoms with Gasteiger partial charge in [0.1, 0.15) is 6.54 Å². The van der Waals surface area contributed by atoms with Crippen molar-refractivity contribution in [2.75, 3.05) is 25.1 Å². The van der Waals surface area contributed by atoms with Crippen LogP contribution in [0, 0.1) is 0 Å². The number of benzene rings is 2. The molecule has 29 heavy (non-hydrogen) atoms. The number of rotatable bonds is 6. The fourth-order valence-electron chi connectivity index (χ4n) is 3.50. The highest BCUT2D eigenvalue weighted by Gasteiger charge is 2.38. The lowest BCUT2D eigenvalue weighted by Crippen LogP contribution is -2.31. The van der Waals surface area contributed by atoms with E-state index < -0.39 is 5.97 Å². The highest BCUT2D eigenvalue weighted by Crippen LogP contribution is 2.46. The number of likely N-dealkylation sites (N-methyl/N-ethyl adjacent to an activating group) is 1. The van der Waals surface area contributed by atoms with Gasteiger partial charge >= 0.3 is 5.97 Å². The molecule has 0 spiro atoms. The number of para-hydroxylation sites is 1. The molecule has 0 atom stereocenters. The number of ether oxygens (including phenoxy) is 1. The second kappa shape index (κ2) is 8.31. The summed E-state index contributed by atoms with van der Waals surface area (Å²) in [6.45, 7) is 3.44. The zero-order valence-electron chi connectivity index (χ0n) is 16.8. The first kappa shape index (κ1) is 20.3. The molecule has 150 valence electrons. The highest BCUT2D eigenvalue weighted by atomic mass is 16.5. The number of ketones is 1. The summed E-state index contributed by atoms with van der Waals surface area (Å²) in [6, 6.07) is 16.6. The van der Waals surface area contributed by atoms with E-state index in [1.807, 2.05) is 36.2 Å². The molecule has 0 bridgehead atoms. The summed E-state index contributed by atoms with van der Waals surface area (Å²) in [5, 5.41) is 2.48. The third kappa shape index (κ3) is 4.37. The van der Waals surface area contributed by atoms with Crippen LogP contribution in [-0.2, 0) is 19.7 Å². The molecule has 2 aromatic rings. The highest BCUT2D eigenvalue weighted by molar-refractivity contribution is 5.97. The Morgan fingerprint density at radius 1 is 1.03 bits per heavy atom. The summed E-state index contributed by atoms with van der Waals surface area (Å²) in [4.78, 5) is 38.2. The summed E-state index contributed by atoms with van der Waals surface area (Å²) >= 11 is 0. The van der Waals surface area contributed by atoms with Crippen LogP contribution < -0.4 is 10.2 Å². The van der Waals surface area contributed by atoms with Gasteiger partial charge in [-0.1, -0.05) is 50.2 Å². The van der Waals surface area contributed by atoms with Gasteiger partial charge in [0.15, 0.2) is 12.4 Å². The number of hydrogen-bond donors (Lipinski definition) is 1. The predicted molar refractivity (Wildman–Crippen MR) is 111 cm³/mol. The minimum Gasteiger partial charge on any atom is -0.456 e.